The predicted octanol–water partition coefficient (Wildman–Crippen LogP) is 3.13. The average molecular weight is 470 g/mol. The number of benzene rings is 1. The van der Waals surface area contributed by atoms with Gasteiger partial charge in [-0.15, -0.1) is 0 Å². The summed E-state index contributed by atoms with van der Waals surface area (Å²) in [5.74, 6) is 0.0607. The normalized spacial score (nSPS) is 20.4. The summed E-state index contributed by atoms with van der Waals surface area (Å²) in [5, 5.41) is 6.93. The third kappa shape index (κ3) is 4.73. The number of ether oxygens (including phenoxy) is 4. The topological polar surface area (TPSA) is 133 Å². The molecule has 2 heterocycles. The molecule has 180 valence electrons. The number of carbonyl (C=O) groups is 2. The summed E-state index contributed by atoms with van der Waals surface area (Å²) in [6.07, 6.45) is 1.04. The monoisotopic (exact) mass is 469 g/mol. The summed E-state index contributed by atoms with van der Waals surface area (Å²) in [5.41, 5.74) is 9.55. The summed E-state index contributed by atoms with van der Waals surface area (Å²) in [6.45, 7) is 6.73. The number of nitrogens with zero attached hydrogens (tertiary/aromatic N) is 2. The van der Waals surface area contributed by atoms with Crippen molar-refractivity contribution >= 4 is 11.8 Å². The number of nitrogens with one attached hydrogen (secondary N) is 2. The highest BCUT2D eigenvalue weighted by Crippen LogP contribution is 2.48. The molecule has 0 saturated carbocycles. The van der Waals surface area contributed by atoms with Gasteiger partial charge < -0.3 is 24.3 Å². The summed E-state index contributed by atoms with van der Waals surface area (Å²) in [4.78, 5) is 29.6. The van der Waals surface area contributed by atoms with Crippen LogP contribution in [0.5, 0.6) is 11.5 Å². The molecule has 2 N–H and O–H groups in total. The minimum absolute atomic E-state index is 0.000888. The van der Waals surface area contributed by atoms with Crippen molar-refractivity contribution in [1.82, 2.24) is 10.2 Å². The van der Waals surface area contributed by atoms with Crippen LogP contribution in [0.4, 0.5) is 0 Å². The molecule has 0 radical (unpaired) electrons. The quantitative estimate of drug-likeness (QED) is 0.259. The maximum Gasteiger partial charge on any atom is 0.336 e. The number of fused-ring (bicyclic) bond motifs is 1. The Balaban J connectivity index is 1.81. The van der Waals surface area contributed by atoms with Crippen molar-refractivity contribution in [3.63, 3.8) is 0 Å². The van der Waals surface area contributed by atoms with E-state index in [0.29, 0.717) is 41.2 Å². The first-order valence-electron chi connectivity index (χ1n) is 11.3. The van der Waals surface area contributed by atoms with Crippen molar-refractivity contribution < 1.29 is 28.5 Å². The Kier molecular flexibility index (Phi) is 6.81. The number of hydrogen-bond donors (Lipinski definition) is 2. The number of dihydropyridines is 1. The van der Waals surface area contributed by atoms with Crippen LogP contribution < -0.4 is 19.7 Å². The van der Waals surface area contributed by atoms with Gasteiger partial charge >= 0.3 is 5.97 Å². The largest absolute Gasteiger partial charge is 0.463 e. The van der Waals surface area contributed by atoms with E-state index in [-0.39, 0.29) is 44.4 Å². The average Bonchev–Trinajstić information content (AvgIpc) is 3.25. The molecule has 1 aromatic rings. The summed E-state index contributed by atoms with van der Waals surface area (Å²) < 4.78 is 22.2. The SMILES string of the molecule is CCOC(=O)C1=C(COCCN=[N+]=N)NC2=C(C(=O)CC(C)(C)C2)C1c1ccc2c(c1)OCO2. The van der Waals surface area contributed by atoms with Gasteiger partial charge in [0.15, 0.2) is 17.3 Å². The molecule has 0 aromatic heterocycles. The number of allylic oxidation sites excluding steroid dienone is 2. The van der Waals surface area contributed by atoms with E-state index in [0.717, 1.165) is 11.3 Å². The zero-order valence-electron chi connectivity index (χ0n) is 19.6. The zero-order valence-corrected chi connectivity index (χ0v) is 19.6. The molecule has 0 saturated heterocycles. The van der Waals surface area contributed by atoms with E-state index in [1.54, 1.807) is 13.0 Å². The molecule has 1 aromatic carbocycles. The van der Waals surface area contributed by atoms with Crippen LogP contribution in [0.25, 0.3) is 0 Å². The van der Waals surface area contributed by atoms with Gasteiger partial charge in [-0.2, -0.15) is 0 Å². The maximum absolute atomic E-state index is 13.4. The first-order chi connectivity index (χ1) is 16.3. The first-order valence-corrected chi connectivity index (χ1v) is 11.3. The lowest BCUT2D eigenvalue weighted by Crippen LogP contribution is -2.40. The molecule has 1 aliphatic carbocycles. The number of carbonyl (C=O) groups excluding carboxylic acids is 2. The first kappa shape index (κ1) is 23.7. The van der Waals surface area contributed by atoms with E-state index in [9.17, 15) is 9.59 Å². The Hall–Kier alpha value is -3.49. The molecule has 1 atom stereocenters. The molecular weight excluding hydrogens is 440 g/mol. The number of rotatable bonds is 8. The Labute approximate surface area is 197 Å². The van der Waals surface area contributed by atoms with Gasteiger partial charge in [0.25, 0.3) is 0 Å². The van der Waals surface area contributed by atoms with Crippen molar-refractivity contribution in [3.8, 4) is 11.5 Å². The van der Waals surface area contributed by atoms with Crippen LogP contribution >= 0.6 is 0 Å². The van der Waals surface area contributed by atoms with Crippen LogP contribution in [0.1, 0.15) is 45.1 Å². The van der Waals surface area contributed by atoms with Gasteiger partial charge in [-0.05, 0) is 36.5 Å². The van der Waals surface area contributed by atoms with Crippen LogP contribution in [-0.4, -0.2) is 44.9 Å². The van der Waals surface area contributed by atoms with Crippen molar-refractivity contribution in [3.05, 3.63) is 46.3 Å². The fourth-order valence-corrected chi connectivity index (χ4v) is 4.67. The highest BCUT2D eigenvalue weighted by atomic mass is 16.7. The molecule has 0 spiro atoms. The molecule has 2 aliphatic heterocycles. The van der Waals surface area contributed by atoms with Crippen LogP contribution in [0, 0.1) is 10.9 Å². The highest BCUT2D eigenvalue weighted by Gasteiger charge is 2.44. The molecule has 0 fully saturated rings. The molecule has 3 aliphatic rings. The van der Waals surface area contributed by atoms with Gasteiger partial charge in [0.05, 0.1) is 31.1 Å². The second-order valence-corrected chi connectivity index (χ2v) is 9.13. The minimum Gasteiger partial charge on any atom is -0.463 e. The summed E-state index contributed by atoms with van der Waals surface area (Å²) in [7, 11) is 0. The molecule has 10 nitrogen and oxygen atoms in total. The number of ketones is 1. The second kappa shape index (κ2) is 9.79. The third-order valence-electron chi connectivity index (χ3n) is 6.00. The van der Waals surface area contributed by atoms with E-state index in [1.165, 1.54) is 0 Å². The number of Topliss-reactive ketones (excluding diaryl/α,β-unsaturated/α-hetero) is 1. The van der Waals surface area contributed by atoms with Gasteiger partial charge in [-0.3, -0.25) is 4.79 Å². The molecule has 4 rings (SSSR count). The predicted molar refractivity (Wildman–Crippen MR) is 120 cm³/mol. The Morgan fingerprint density at radius 1 is 1.29 bits per heavy atom. The number of esters is 1. The zero-order chi connectivity index (χ0) is 24.3. The highest BCUT2D eigenvalue weighted by molar-refractivity contribution is 6.04. The number of hydrogen-bond acceptors (Lipinski definition) is 9. The Morgan fingerprint density at radius 3 is 2.85 bits per heavy atom. The molecule has 1 unspecified atom stereocenters. The van der Waals surface area contributed by atoms with Gasteiger partial charge in [-0.1, -0.05) is 19.9 Å². The van der Waals surface area contributed by atoms with Crippen LogP contribution in [0.15, 0.2) is 45.9 Å². The van der Waals surface area contributed by atoms with E-state index in [4.69, 9.17) is 24.5 Å². The van der Waals surface area contributed by atoms with Crippen LogP contribution in [0.3, 0.4) is 0 Å². The third-order valence-corrected chi connectivity index (χ3v) is 6.00. The lowest BCUT2D eigenvalue weighted by atomic mass is 9.68. The smallest absolute Gasteiger partial charge is 0.336 e. The Morgan fingerprint density at radius 2 is 2.09 bits per heavy atom. The minimum atomic E-state index is -0.625. The fourth-order valence-electron chi connectivity index (χ4n) is 4.67. The van der Waals surface area contributed by atoms with Crippen LogP contribution in [0.2, 0.25) is 0 Å². The van der Waals surface area contributed by atoms with Gasteiger partial charge in [0.1, 0.15) is 17.2 Å². The van der Waals surface area contributed by atoms with Crippen molar-refractivity contribution in [2.24, 2.45) is 10.5 Å². The molecular formula is C24H29N4O6+. The van der Waals surface area contributed by atoms with Crippen molar-refractivity contribution in [2.45, 2.75) is 39.5 Å². The van der Waals surface area contributed by atoms with Crippen molar-refractivity contribution in [2.75, 3.05) is 33.2 Å². The molecule has 0 bridgehead atoms. The second-order valence-electron chi connectivity index (χ2n) is 9.13. The molecule has 34 heavy (non-hydrogen) atoms. The van der Waals surface area contributed by atoms with Crippen LogP contribution in [-0.2, 0) is 19.1 Å². The van der Waals surface area contributed by atoms with Crippen molar-refractivity contribution in [1.29, 1.82) is 5.53 Å². The van der Waals surface area contributed by atoms with E-state index in [1.807, 2.05) is 12.1 Å². The van der Waals surface area contributed by atoms with E-state index >= 15 is 0 Å². The maximum atomic E-state index is 13.4. The molecule has 10 heteroatoms. The molecule has 0 amide bonds. The van der Waals surface area contributed by atoms with Gasteiger partial charge in [0.2, 0.25) is 11.7 Å². The standard InChI is InChI=1S/C24H28N4O6/c1-4-32-23(30)22-16(12-31-8-7-26-28-25)27-15-10-24(2,3)11-17(29)21(15)20(22)14-5-6-18-19(9-14)34-13-33-18/h5-6,9,20,25H,4,7-8,10-13H2,1-3H3/p+1. The summed E-state index contributed by atoms with van der Waals surface area (Å²) in [6, 6.07) is 5.47. The van der Waals surface area contributed by atoms with Gasteiger partial charge in [-0.25, -0.2) is 4.79 Å². The Bertz CT molecular complexity index is 1120. The lowest BCUT2D eigenvalue weighted by molar-refractivity contribution is -0.139. The van der Waals surface area contributed by atoms with Gasteiger partial charge in [0, 0.05) is 23.6 Å². The summed E-state index contributed by atoms with van der Waals surface area (Å²) >= 11 is 0. The van der Waals surface area contributed by atoms with E-state index in [2.05, 4.69) is 29.2 Å². The lowest BCUT2D eigenvalue weighted by Gasteiger charge is -2.40. The fraction of sp³-hybridized carbons (Fsp3) is 0.500. The van der Waals surface area contributed by atoms with E-state index < -0.39 is 11.9 Å².